The average molecular weight is 237 g/mol. The van der Waals surface area contributed by atoms with Crippen molar-refractivity contribution in [1.29, 1.82) is 0 Å². The van der Waals surface area contributed by atoms with E-state index in [4.69, 9.17) is 10.6 Å². The first-order chi connectivity index (χ1) is 8.08. The molecule has 2 amide bonds. The van der Waals surface area contributed by atoms with Gasteiger partial charge in [-0.3, -0.25) is 5.43 Å². The molecule has 1 aromatic rings. The van der Waals surface area contributed by atoms with Gasteiger partial charge in [0.05, 0.1) is 7.11 Å². The van der Waals surface area contributed by atoms with Crippen LogP contribution < -0.4 is 21.3 Å². The van der Waals surface area contributed by atoms with Crippen molar-refractivity contribution in [2.75, 3.05) is 7.11 Å². The van der Waals surface area contributed by atoms with Crippen LogP contribution in [0.4, 0.5) is 4.79 Å². The number of hydrogen-bond donors (Lipinski definition) is 3. The molecule has 0 aliphatic rings. The number of benzene rings is 1. The van der Waals surface area contributed by atoms with Crippen LogP contribution in [-0.2, 0) is 6.54 Å². The van der Waals surface area contributed by atoms with Gasteiger partial charge >= 0.3 is 6.03 Å². The lowest BCUT2D eigenvalue weighted by Gasteiger charge is -2.13. The molecular weight excluding hydrogens is 218 g/mol. The zero-order valence-corrected chi connectivity index (χ0v) is 10.4. The highest BCUT2D eigenvalue weighted by atomic mass is 16.5. The number of nitrogens with two attached hydrogens (primary N) is 1. The molecule has 0 aliphatic heterocycles. The Balaban J connectivity index is 2.81. The van der Waals surface area contributed by atoms with E-state index in [1.54, 1.807) is 7.11 Å². The normalized spacial score (nSPS) is 10.2. The minimum atomic E-state index is -0.417. The Morgan fingerprint density at radius 2 is 2.18 bits per heavy atom. The van der Waals surface area contributed by atoms with Gasteiger partial charge in [-0.25, -0.2) is 10.6 Å². The van der Waals surface area contributed by atoms with Gasteiger partial charge in [0.1, 0.15) is 5.75 Å². The summed E-state index contributed by atoms with van der Waals surface area (Å²) in [5.74, 6) is 6.19. The van der Waals surface area contributed by atoms with Gasteiger partial charge in [-0.1, -0.05) is 26.0 Å². The molecule has 17 heavy (non-hydrogen) atoms. The number of carbonyl (C=O) groups is 1. The molecule has 0 atom stereocenters. The van der Waals surface area contributed by atoms with Crippen LogP contribution in [0.5, 0.6) is 5.75 Å². The van der Waals surface area contributed by atoms with Crippen molar-refractivity contribution in [1.82, 2.24) is 10.7 Å². The molecule has 0 saturated heterocycles. The molecule has 0 spiro atoms. The van der Waals surface area contributed by atoms with Gasteiger partial charge in [-0.15, -0.1) is 0 Å². The zero-order chi connectivity index (χ0) is 12.8. The highest BCUT2D eigenvalue weighted by molar-refractivity contribution is 5.73. The van der Waals surface area contributed by atoms with Crippen LogP contribution in [0.1, 0.15) is 30.9 Å². The van der Waals surface area contributed by atoms with Gasteiger partial charge in [0.2, 0.25) is 0 Å². The summed E-state index contributed by atoms with van der Waals surface area (Å²) >= 11 is 0. The smallest absolute Gasteiger partial charge is 0.329 e. The molecule has 1 rings (SSSR count). The summed E-state index contributed by atoms with van der Waals surface area (Å²) in [5, 5.41) is 2.62. The predicted molar refractivity (Wildman–Crippen MR) is 66.6 cm³/mol. The van der Waals surface area contributed by atoms with Gasteiger partial charge in [-0.05, 0) is 17.5 Å². The second-order valence-electron chi connectivity index (χ2n) is 4.05. The summed E-state index contributed by atoms with van der Waals surface area (Å²) in [7, 11) is 1.62. The van der Waals surface area contributed by atoms with E-state index in [2.05, 4.69) is 19.2 Å². The minimum Gasteiger partial charge on any atom is -0.496 e. The number of nitrogens with one attached hydrogen (secondary N) is 2. The number of rotatable bonds is 4. The fraction of sp³-hybridized carbons (Fsp3) is 0.417. The van der Waals surface area contributed by atoms with E-state index < -0.39 is 6.03 Å². The fourth-order valence-electron chi connectivity index (χ4n) is 1.49. The number of hydrazine groups is 1. The van der Waals surface area contributed by atoms with Crippen LogP contribution in [0, 0.1) is 0 Å². The number of amides is 2. The topological polar surface area (TPSA) is 76.4 Å². The highest BCUT2D eigenvalue weighted by Crippen LogP contribution is 2.24. The minimum absolute atomic E-state index is 0.380. The molecule has 0 aliphatic carbocycles. The number of ether oxygens (including phenoxy) is 1. The van der Waals surface area contributed by atoms with Crippen molar-refractivity contribution in [2.45, 2.75) is 26.3 Å². The molecule has 0 fully saturated rings. The molecule has 0 bridgehead atoms. The summed E-state index contributed by atoms with van der Waals surface area (Å²) in [6.45, 7) is 4.62. The fourth-order valence-corrected chi connectivity index (χ4v) is 1.49. The molecule has 0 saturated carbocycles. The van der Waals surface area contributed by atoms with Crippen LogP contribution in [0.2, 0.25) is 0 Å². The molecule has 1 aromatic carbocycles. The Bertz CT molecular complexity index is 391. The summed E-state index contributed by atoms with van der Waals surface area (Å²) in [6.07, 6.45) is 0. The lowest BCUT2D eigenvalue weighted by Crippen LogP contribution is -2.39. The van der Waals surface area contributed by atoms with Crippen LogP contribution in [0.3, 0.4) is 0 Å². The Morgan fingerprint density at radius 3 is 2.71 bits per heavy atom. The summed E-state index contributed by atoms with van der Waals surface area (Å²) < 4.78 is 5.30. The third-order valence-corrected chi connectivity index (χ3v) is 2.55. The van der Waals surface area contributed by atoms with Crippen molar-refractivity contribution in [3.8, 4) is 5.75 Å². The molecule has 0 aromatic heterocycles. The summed E-state index contributed by atoms with van der Waals surface area (Å²) in [5.41, 5.74) is 4.13. The molecule has 5 heteroatoms. The average Bonchev–Trinajstić information content (AvgIpc) is 2.35. The quantitative estimate of drug-likeness (QED) is 0.422. The SMILES string of the molecule is COc1cc(C(C)C)ccc1CNC(=O)NN. The van der Waals surface area contributed by atoms with Crippen LogP contribution >= 0.6 is 0 Å². The number of carbonyl (C=O) groups excluding carboxylic acids is 1. The third-order valence-electron chi connectivity index (χ3n) is 2.55. The maximum Gasteiger partial charge on any atom is 0.329 e. The lowest BCUT2D eigenvalue weighted by molar-refractivity contribution is 0.240. The molecule has 94 valence electrons. The molecule has 5 nitrogen and oxygen atoms in total. The molecule has 0 unspecified atom stereocenters. The highest BCUT2D eigenvalue weighted by Gasteiger charge is 2.07. The maximum atomic E-state index is 11.0. The molecule has 0 heterocycles. The molecule has 4 N–H and O–H groups in total. The predicted octanol–water partition coefficient (Wildman–Crippen LogP) is 1.49. The third kappa shape index (κ3) is 3.64. The largest absolute Gasteiger partial charge is 0.496 e. The van der Waals surface area contributed by atoms with E-state index in [1.807, 2.05) is 23.6 Å². The first-order valence-corrected chi connectivity index (χ1v) is 5.49. The number of methoxy groups -OCH3 is 1. The summed E-state index contributed by atoms with van der Waals surface area (Å²) in [6, 6.07) is 5.55. The van der Waals surface area contributed by atoms with Gasteiger partial charge in [0, 0.05) is 12.1 Å². The van der Waals surface area contributed by atoms with E-state index >= 15 is 0 Å². The maximum absolute atomic E-state index is 11.0. The van der Waals surface area contributed by atoms with Crippen LogP contribution in [0.25, 0.3) is 0 Å². The first-order valence-electron chi connectivity index (χ1n) is 5.49. The number of urea groups is 1. The Kier molecular flexibility index (Phi) is 4.78. The van der Waals surface area contributed by atoms with Crippen LogP contribution in [-0.4, -0.2) is 13.1 Å². The summed E-state index contributed by atoms with van der Waals surface area (Å²) in [4.78, 5) is 11.0. The van der Waals surface area contributed by atoms with Crippen molar-refractivity contribution in [2.24, 2.45) is 5.84 Å². The Hall–Kier alpha value is -1.75. The second kappa shape index (κ2) is 6.10. The van der Waals surface area contributed by atoms with E-state index in [9.17, 15) is 4.79 Å². The zero-order valence-electron chi connectivity index (χ0n) is 10.4. The van der Waals surface area contributed by atoms with Crippen molar-refractivity contribution >= 4 is 6.03 Å². The Morgan fingerprint density at radius 1 is 1.47 bits per heavy atom. The standard InChI is InChI=1S/C12H19N3O2/c1-8(2)9-4-5-10(11(6-9)17-3)7-14-12(16)15-13/h4-6,8H,7,13H2,1-3H3,(H2,14,15,16). The Labute approximate surface area is 101 Å². The van der Waals surface area contributed by atoms with Gasteiger partial charge in [0.25, 0.3) is 0 Å². The van der Waals surface area contributed by atoms with E-state index in [0.29, 0.717) is 12.5 Å². The van der Waals surface area contributed by atoms with Gasteiger partial charge in [-0.2, -0.15) is 0 Å². The van der Waals surface area contributed by atoms with E-state index in [0.717, 1.165) is 11.3 Å². The van der Waals surface area contributed by atoms with E-state index in [1.165, 1.54) is 5.56 Å². The van der Waals surface area contributed by atoms with Crippen molar-refractivity contribution < 1.29 is 9.53 Å². The molecule has 0 radical (unpaired) electrons. The first kappa shape index (κ1) is 13.3. The van der Waals surface area contributed by atoms with Crippen molar-refractivity contribution in [3.63, 3.8) is 0 Å². The van der Waals surface area contributed by atoms with Gasteiger partial charge in [0.15, 0.2) is 0 Å². The van der Waals surface area contributed by atoms with E-state index in [-0.39, 0.29) is 0 Å². The number of hydrogen-bond acceptors (Lipinski definition) is 3. The monoisotopic (exact) mass is 237 g/mol. The van der Waals surface area contributed by atoms with Crippen molar-refractivity contribution in [3.05, 3.63) is 29.3 Å². The second-order valence-corrected chi connectivity index (χ2v) is 4.05. The van der Waals surface area contributed by atoms with Gasteiger partial charge < -0.3 is 10.1 Å². The molecular formula is C12H19N3O2. The van der Waals surface area contributed by atoms with Crippen LogP contribution in [0.15, 0.2) is 18.2 Å². The lowest BCUT2D eigenvalue weighted by atomic mass is 10.0.